The lowest BCUT2D eigenvalue weighted by atomic mass is 10.1. The van der Waals surface area contributed by atoms with Gasteiger partial charge >= 0.3 is 0 Å². The summed E-state index contributed by atoms with van der Waals surface area (Å²) in [6, 6.07) is 4.52. The Labute approximate surface area is 92.4 Å². The van der Waals surface area contributed by atoms with Crippen molar-refractivity contribution in [3.05, 3.63) is 33.9 Å². The van der Waals surface area contributed by atoms with E-state index in [1.165, 1.54) is 19.2 Å². The molecule has 1 rings (SSSR count). The van der Waals surface area contributed by atoms with Gasteiger partial charge in [-0.3, -0.25) is 14.9 Å². The number of carbonyl (C=O) groups is 1. The summed E-state index contributed by atoms with van der Waals surface area (Å²) < 4.78 is 4.65. The number of ether oxygens (including phenoxy) is 1. The molecule has 0 bridgehead atoms. The number of nitro benzene ring substituents is 1. The highest BCUT2D eigenvalue weighted by molar-refractivity contribution is 5.92. The summed E-state index contributed by atoms with van der Waals surface area (Å²) in [6.07, 6.45) is 0. The summed E-state index contributed by atoms with van der Waals surface area (Å²) >= 11 is 0. The summed E-state index contributed by atoms with van der Waals surface area (Å²) in [5.74, 6) is -0.342. The van der Waals surface area contributed by atoms with Crippen LogP contribution in [0, 0.1) is 17.0 Å². The van der Waals surface area contributed by atoms with Crippen LogP contribution in [-0.2, 0) is 9.53 Å². The average Bonchev–Trinajstić information content (AvgIpc) is 2.21. The number of nitrogens with zero attached hydrogens (tertiary/aromatic N) is 1. The van der Waals surface area contributed by atoms with Crippen LogP contribution in [-0.4, -0.2) is 24.5 Å². The third-order valence-electron chi connectivity index (χ3n) is 2.05. The van der Waals surface area contributed by atoms with Crippen LogP contribution in [0.2, 0.25) is 0 Å². The predicted molar refractivity (Wildman–Crippen MR) is 58.3 cm³/mol. The van der Waals surface area contributed by atoms with Crippen molar-refractivity contribution in [2.45, 2.75) is 6.92 Å². The first kappa shape index (κ1) is 12.1. The molecule has 0 unspecified atom stereocenters. The van der Waals surface area contributed by atoms with E-state index in [4.69, 9.17) is 0 Å². The van der Waals surface area contributed by atoms with E-state index < -0.39 is 4.92 Å². The van der Waals surface area contributed by atoms with Crippen LogP contribution < -0.4 is 5.32 Å². The lowest BCUT2D eigenvalue weighted by molar-refractivity contribution is -0.385. The number of hydrogen-bond donors (Lipinski definition) is 1. The van der Waals surface area contributed by atoms with Gasteiger partial charge in [-0.05, 0) is 13.0 Å². The fourth-order valence-corrected chi connectivity index (χ4v) is 1.27. The van der Waals surface area contributed by atoms with Gasteiger partial charge in [-0.15, -0.1) is 0 Å². The average molecular weight is 224 g/mol. The third-order valence-corrected chi connectivity index (χ3v) is 2.05. The zero-order valence-corrected chi connectivity index (χ0v) is 9.02. The minimum atomic E-state index is -0.485. The van der Waals surface area contributed by atoms with Gasteiger partial charge in [0, 0.05) is 13.2 Å². The lowest BCUT2D eigenvalue weighted by Crippen LogP contribution is -2.17. The van der Waals surface area contributed by atoms with Crippen LogP contribution in [0.4, 0.5) is 11.4 Å². The SMILES string of the molecule is COCC(=O)Nc1cccc([N+](=O)[O-])c1C. The van der Waals surface area contributed by atoms with Gasteiger partial charge in [0.05, 0.1) is 16.2 Å². The molecule has 0 heterocycles. The van der Waals surface area contributed by atoms with Crippen molar-refractivity contribution in [3.8, 4) is 0 Å². The number of nitrogens with one attached hydrogen (secondary N) is 1. The Kier molecular flexibility index (Phi) is 3.96. The van der Waals surface area contributed by atoms with Crippen LogP contribution in [0.1, 0.15) is 5.56 Å². The van der Waals surface area contributed by atoms with Crippen LogP contribution in [0.5, 0.6) is 0 Å². The zero-order chi connectivity index (χ0) is 12.1. The fourth-order valence-electron chi connectivity index (χ4n) is 1.27. The van der Waals surface area contributed by atoms with E-state index in [1.807, 2.05) is 0 Å². The Morgan fingerprint density at radius 3 is 2.81 bits per heavy atom. The second-order valence-electron chi connectivity index (χ2n) is 3.19. The summed E-state index contributed by atoms with van der Waals surface area (Å²) in [5.41, 5.74) is 0.836. The van der Waals surface area contributed by atoms with Crippen molar-refractivity contribution in [3.63, 3.8) is 0 Å². The predicted octanol–water partition coefficient (Wildman–Crippen LogP) is 1.49. The highest BCUT2D eigenvalue weighted by Gasteiger charge is 2.14. The normalized spacial score (nSPS) is 9.88. The highest BCUT2D eigenvalue weighted by Crippen LogP contribution is 2.24. The lowest BCUT2D eigenvalue weighted by Gasteiger charge is -2.07. The molecule has 0 aliphatic carbocycles. The molecule has 0 aliphatic heterocycles. The van der Waals surface area contributed by atoms with Gasteiger partial charge in [0.15, 0.2) is 0 Å². The van der Waals surface area contributed by atoms with Crippen LogP contribution >= 0.6 is 0 Å². The van der Waals surface area contributed by atoms with E-state index in [1.54, 1.807) is 13.0 Å². The van der Waals surface area contributed by atoms with E-state index >= 15 is 0 Å². The molecule has 0 aliphatic rings. The largest absolute Gasteiger partial charge is 0.375 e. The molecule has 16 heavy (non-hydrogen) atoms. The zero-order valence-electron chi connectivity index (χ0n) is 9.02. The fraction of sp³-hybridized carbons (Fsp3) is 0.300. The Hall–Kier alpha value is -1.95. The quantitative estimate of drug-likeness (QED) is 0.620. The van der Waals surface area contributed by atoms with Gasteiger partial charge in [-0.2, -0.15) is 0 Å². The first-order chi connectivity index (χ1) is 7.56. The molecule has 0 saturated carbocycles. The Balaban J connectivity index is 2.93. The van der Waals surface area contributed by atoms with Crippen LogP contribution in [0.25, 0.3) is 0 Å². The molecule has 0 aromatic heterocycles. The van der Waals surface area contributed by atoms with E-state index in [9.17, 15) is 14.9 Å². The van der Waals surface area contributed by atoms with E-state index in [-0.39, 0.29) is 18.2 Å². The Morgan fingerprint density at radius 1 is 1.56 bits per heavy atom. The minimum Gasteiger partial charge on any atom is -0.375 e. The Bertz CT molecular complexity index is 417. The van der Waals surface area contributed by atoms with Crippen molar-refractivity contribution in [2.24, 2.45) is 0 Å². The highest BCUT2D eigenvalue weighted by atomic mass is 16.6. The molecule has 6 nitrogen and oxygen atoms in total. The standard InChI is InChI=1S/C10H12N2O4/c1-7-8(11-10(13)6-16-2)4-3-5-9(7)12(14)15/h3-5H,6H2,1-2H3,(H,11,13). The summed E-state index contributed by atoms with van der Waals surface area (Å²) in [5, 5.41) is 13.2. The monoisotopic (exact) mass is 224 g/mol. The number of methoxy groups -OCH3 is 1. The van der Waals surface area contributed by atoms with Gasteiger partial charge in [-0.25, -0.2) is 0 Å². The molecular formula is C10H12N2O4. The van der Waals surface area contributed by atoms with Crippen molar-refractivity contribution in [1.29, 1.82) is 0 Å². The van der Waals surface area contributed by atoms with Crippen molar-refractivity contribution < 1.29 is 14.5 Å². The molecule has 0 fully saturated rings. The topological polar surface area (TPSA) is 81.5 Å². The van der Waals surface area contributed by atoms with Gasteiger partial charge in [-0.1, -0.05) is 6.07 Å². The van der Waals surface area contributed by atoms with Crippen LogP contribution in [0.15, 0.2) is 18.2 Å². The first-order valence-corrected chi connectivity index (χ1v) is 4.59. The first-order valence-electron chi connectivity index (χ1n) is 4.59. The van der Waals surface area contributed by atoms with Crippen molar-refractivity contribution in [1.82, 2.24) is 0 Å². The maximum absolute atomic E-state index is 11.2. The smallest absolute Gasteiger partial charge is 0.274 e. The van der Waals surface area contributed by atoms with Gasteiger partial charge in [0.25, 0.3) is 5.69 Å². The van der Waals surface area contributed by atoms with E-state index in [0.29, 0.717) is 11.3 Å². The molecule has 0 saturated heterocycles. The summed E-state index contributed by atoms with van der Waals surface area (Å²) in [6.45, 7) is 1.50. The van der Waals surface area contributed by atoms with Gasteiger partial charge in [0.1, 0.15) is 6.61 Å². The molecule has 0 atom stereocenters. The van der Waals surface area contributed by atoms with Crippen molar-refractivity contribution >= 4 is 17.3 Å². The number of benzene rings is 1. The second-order valence-corrected chi connectivity index (χ2v) is 3.19. The molecule has 86 valence electrons. The molecule has 1 aromatic rings. The van der Waals surface area contributed by atoms with Crippen molar-refractivity contribution in [2.75, 3.05) is 19.0 Å². The van der Waals surface area contributed by atoms with Gasteiger partial charge in [0.2, 0.25) is 5.91 Å². The number of hydrogen-bond acceptors (Lipinski definition) is 4. The number of anilines is 1. The van der Waals surface area contributed by atoms with Gasteiger partial charge < -0.3 is 10.1 Å². The Morgan fingerprint density at radius 2 is 2.25 bits per heavy atom. The van der Waals surface area contributed by atoms with E-state index in [0.717, 1.165) is 0 Å². The van der Waals surface area contributed by atoms with Crippen LogP contribution in [0.3, 0.4) is 0 Å². The molecule has 1 N–H and O–H groups in total. The summed E-state index contributed by atoms with van der Waals surface area (Å²) in [7, 11) is 1.40. The maximum atomic E-state index is 11.2. The molecular weight excluding hydrogens is 212 g/mol. The summed E-state index contributed by atoms with van der Waals surface area (Å²) in [4.78, 5) is 21.4. The maximum Gasteiger partial charge on any atom is 0.274 e. The molecule has 1 aromatic carbocycles. The number of rotatable bonds is 4. The second kappa shape index (κ2) is 5.22. The number of amides is 1. The molecule has 0 radical (unpaired) electrons. The third kappa shape index (κ3) is 2.77. The number of carbonyl (C=O) groups excluding carboxylic acids is 1. The molecule has 1 amide bonds. The minimum absolute atomic E-state index is 0.0183. The molecule has 0 spiro atoms. The molecule has 6 heteroatoms. The number of nitro groups is 1. The van der Waals surface area contributed by atoms with E-state index in [2.05, 4.69) is 10.1 Å².